The lowest BCUT2D eigenvalue weighted by Crippen LogP contribution is -2.41. The summed E-state index contributed by atoms with van der Waals surface area (Å²) in [6, 6.07) is 24.9. The molecule has 1 amide bonds. The highest BCUT2D eigenvalue weighted by molar-refractivity contribution is 7.98. The van der Waals surface area contributed by atoms with Gasteiger partial charge in [-0.2, -0.15) is 23.5 Å². The van der Waals surface area contributed by atoms with Gasteiger partial charge in [0.05, 0.1) is 0 Å². The van der Waals surface area contributed by atoms with E-state index in [-0.39, 0.29) is 5.91 Å². The highest BCUT2D eigenvalue weighted by Crippen LogP contribution is 2.33. The van der Waals surface area contributed by atoms with E-state index in [1.54, 1.807) is 11.8 Å². The molecule has 0 aromatic heterocycles. The molecule has 3 aromatic carbocycles. The Kier molecular flexibility index (Phi) is 11.2. The van der Waals surface area contributed by atoms with Crippen molar-refractivity contribution in [1.29, 1.82) is 0 Å². The molecule has 1 fully saturated rings. The predicted molar refractivity (Wildman–Crippen MR) is 169 cm³/mol. The number of aliphatic carboxylic acids is 1. The van der Waals surface area contributed by atoms with E-state index in [1.807, 2.05) is 61.3 Å². The van der Waals surface area contributed by atoms with Crippen LogP contribution < -0.4 is 5.32 Å². The maximum absolute atomic E-state index is 13.5. The van der Waals surface area contributed by atoms with Crippen molar-refractivity contribution in [3.63, 3.8) is 0 Å². The maximum Gasteiger partial charge on any atom is 0.326 e. The molecule has 4 rings (SSSR count). The van der Waals surface area contributed by atoms with Crippen LogP contribution in [0.2, 0.25) is 0 Å². The largest absolute Gasteiger partial charge is 0.480 e. The van der Waals surface area contributed by atoms with Crippen molar-refractivity contribution in [3.8, 4) is 11.1 Å². The average Bonchev–Trinajstić information content (AvgIpc) is 3.32. The van der Waals surface area contributed by atoms with Gasteiger partial charge >= 0.3 is 5.97 Å². The van der Waals surface area contributed by atoms with Crippen LogP contribution in [0.5, 0.6) is 0 Å². The molecule has 0 unspecified atom stereocenters. The maximum atomic E-state index is 13.5. The van der Waals surface area contributed by atoms with E-state index in [0.717, 1.165) is 41.0 Å². The third kappa shape index (κ3) is 7.71. The summed E-state index contributed by atoms with van der Waals surface area (Å²) in [6.45, 7) is 2.86. The van der Waals surface area contributed by atoms with Crippen molar-refractivity contribution in [1.82, 2.24) is 10.2 Å². The van der Waals surface area contributed by atoms with Crippen molar-refractivity contribution in [2.45, 2.75) is 57.3 Å². The number of carbonyl (C=O) groups excluding carboxylic acids is 1. The Morgan fingerprint density at radius 3 is 2.35 bits per heavy atom. The van der Waals surface area contributed by atoms with Gasteiger partial charge in [-0.3, -0.25) is 9.69 Å². The topological polar surface area (TPSA) is 69.6 Å². The first-order chi connectivity index (χ1) is 19.4. The lowest BCUT2D eigenvalue weighted by Gasteiger charge is -2.30. The summed E-state index contributed by atoms with van der Waals surface area (Å²) < 4.78 is 0. The highest BCUT2D eigenvalue weighted by Gasteiger charge is 2.33. The number of thioether (sulfide) groups is 2. The zero-order valence-electron chi connectivity index (χ0n) is 23.6. The van der Waals surface area contributed by atoms with Crippen LogP contribution in [0, 0.1) is 6.92 Å². The van der Waals surface area contributed by atoms with Crippen molar-refractivity contribution < 1.29 is 14.7 Å². The second kappa shape index (κ2) is 14.8. The summed E-state index contributed by atoms with van der Waals surface area (Å²) in [5.74, 6) is 0.414. The molecule has 3 atom stereocenters. The normalized spacial score (nSPS) is 18.0. The number of nitrogens with one attached hydrogen (secondary N) is 1. The number of hydrogen-bond donors (Lipinski definition) is 2. The monoisotopic (exact) mass is 576 g/mol. The van der Waals surface area contributed by atoms with E-state index in [1.165, 1.54) is 18.4 Å². The van der Waals surface area contributed by atoms with E-state index >= 15 is 0 Å². The molecule has 0 spiro atoms. The Hall–Kier alpha value is -2.74. The summed E-state index contributed by atoms with van der Waals surface area (Å²) in [6.07, 6.45) is 7.90. The lowest BCUT2D eigenvalue weighted by molar-refractivity contribution is -0.139. The van der Waals surface area contributed by atoms with E-state index in [0.29, 0.717) is 29.8 Å². The Balaban J connectivity index is 1.65. The predicted octanol–water partition coefficient (Wildman–Crippen LogP) is 6.54. The summed E-state index contributed by atoms with van der Waals surface area (Å²) in [5, 5.41) is 12.5. The van der Waals surface area contributed by atoms with E-state index < -0.39 is 12.0 Å². The Labute approximate surface area is 247 Å². The molecular weight excluding hydrogens is 537 g/mol. The average molecular weight is 577 g/mol. The van der Waals surface area contributed by atoms with Crippen molar-refractivity contribution in [2.75, 3.05) is 24.0 Å². The molecule has 7 heteroatoms. The van der Waals surface area contributed by atoms with E-state index in [9.17, 15) is 14.7 Å². The van der Waals surface area contributed by atoms with Crippen LogP contribution in [0.25, 0.3) is 11.1 Å². The quantitative estimate of drug-likeness (QED) is 0.241. The first-order valence-electron chi connectivity index (χ1n) is 13.9. The SMILES string of the molecule is CSCC[C@H](NC(=O)c1ccc(CN2[C@@H](Cc3ccccc3)CC[C@H]2CSC)cc1-c1ccccc1C)C(=O)O. The Morgan fingerprint density at radius 2 is 1.65 bits per heavy atom. The molecule has 5 nitrogen and oxygen atoms in total. The minimum atomic E-state index is -1.00. The molecule has 0 saturated carbocycles. The van der Waals surface area contributed by atoms with Gasteiger partial charge in [-0.1, -0.05) is 60.7 Å². The van der Waals surface area contributed by atoms with Gasteiger partial charge < -0.3 is 10.4 Å². The van der Waals surface area contributed by atoms with Gasteiger partial charge in [0.15, 0.2) is 0 Å². The molecule has 1 saturated heterocycles. The van der Waals surface area contributed by atoms with E-state index in [4.69, 9.17) is 0 Å². The molecule has 0 bridgehead atoms. The van der Waals surface area contributed by atoms with Gasteiger partial charge in [0, 0.05) is 29.9 Å². The number of nitrogens with zero attached hydrogens (tertiary/aromatic N) is 1. The highest BCUT2D eigenvalue weighted by atomic mass is 32.2. The van der Waals surface area contributed by atoms with Crippen LogP contribution in [-0.4, -0.2) is 64.0 Å². The number of carbonyl (C=O) groups is 2. The minimum Gasteiger partial charge on any atom is -0.480 e. The molecule has 3 aromatic rings. The number of benzene rings is 3. The molecule has 40 heavy (non-hydrogen) atoms. The van der Waals surface area contributed by atoms with Gasteiger partial charge in [-0.15, -0.1) is 0 Å². The number of carboxylic acids is 1. The standard InChI is InChI=1S/C33H40N2O3S2/c1-23-9-7-8-12-28(23)30-20-25(13-16-29(30)32(36)34-31(33(37)38)17-18-39-2)21-35-26(14-15-27(35)22-40-3)19-24-10-5-4-6-11-24/h4-13,16,20,26-27,31H,14-15,17-19,21-22H2,1-3H3,(H,34,36)(H,37,38)/t26-,27+,31+/m1/s1. The van der Waals surface area contributed by atoms with Crippen molar-refractivity contribution >= 4 is 35.4 Å². The van der Waals surface area contributed by atoms with Gasteiger partial charge in [-0.25, -0.2) is 4.79 Å². The molecular formula is C33H40N2O3S2. The summed E-state index contributed by atoms with van der Waals surface area (Å²) in [4.78, 5) is 28.0. The van der Waals surface area contributed by atoms with Gasteiger partial charge in [0.25, 0.3) is 5.91 Å². The molecule has 1 heterocycles. The molecule has 2 N–H and O–H groups in total. The first-order valence-corrected chi connectivity index (χ1v) is 16.7. The Morgan fingerprint density at radius 1 is 0.925 bits per heavy atom. The second-order valence-electron chi connectivity index (χ2n) is 10.5. The van der Waals surface area contributed by atoms with Crippen LogP contribution in [0.1, 0.15) is 46.3 Å². The van der Waals surface area contributed by atoms with Crippen molar-refractivity contribution in [3.05, 3.63) is 95.1 Å². The number of rotatable bonds is 13. The van der Waals surface area contributed by atoms with Gasteiger partial charge in [-0.05, 0) is 90.8 Å². The summed E-state index contributed by atoms with van der Waals surface area (Å²) in [5.41, 5.74) is 5.96. The summed E-state index contributed by atoms with van der Waals surface area (Å²) >= 11 is 3.47. The number of carboxylic acid groups (broad SMARTS) is 1. The first kappa shape index (κ1) is 30.2. The van der Waals surface area contributed by atoms with Crippen LogP contribution in [0.4, 0.5) is 0 Å². The number of hydrogen-bond acceptors (Lipinski definition) is 5. The number of likely N-dealkylation sites (tertiary alicyclic amines) is 1. The van der Waals surface area contributed by atoms with Crippen LogP contribution in [0.15, 0.2) is 72.8 Å². The molecule has 212 valence electrons. The zero-order valence-corrected chi connectivity index (χ0v) is 25.3. The fourth-order valence-electron chi connectivity index (χ4n) is 5.68. The minimum absolute atomic E-state index is 0.346. The fraction of sp³-hybridized carbons (Fsp3) is 0.394. The molecule has 1 aliphatic rings. The van der Waals surface area contributed by atoms with Crippen molar-refractivity contribution in [2.24, 2.45) is 0 Å². The fourth-order valence-corrected chi connectivity index (χ4v) is 6.89. The molecule has 0 aliphatic carbocycles. The number of aryl methyl sites for hydroxylation is 1. The smallest absolute Gasteiger partial charge is 0.326 e. The van der Waals surface area contributed by atoms with Gasteiger partial charge in [0.2, 0.25) is 0 Å². The lowest BCUT2D eigenvalue weighted by atomic mass is 9.93. The van der Waals surface area contributed by atoms with Crippen LogP contribution in [0.3, 0.4) is 0 Å². The van der Waals surface area contributed by atoms with Crippen LogP contribution in [-0.2, 0) is 17.8 Å². The number of amides is 1. The third-order valence-electron chi connectivity index (χ3n) is 7.79. The zero-order chi connectivity index (χ0) is 28.5. The molecule has 1 aliphatic heterocycles. The third-order valence-corrected chi connectivity index (χ3v) is 9.15. The second-order valence-corrected chi connectivity index (χ2v) is 12.4. The van der Waals surface area contributed by atoms with Gasteiger partial charge in [0.1, 0.15) is 6.04 Å². The Bertz CT molecular complexity index is 1280. The van der Waals surface area contributed by atoms with E-state index in [2.05, 4.69) is 52.9 Å². The molecule has 0 radical (unpaired) electrons. The summed E-state index contributed by atoms with van der Waals surface area (Å²) in [7, 11) is 0. The van der Waals surface area contributed by atoms with Crippen LogP contribution >= 0.6 is 23.5 Å².